The summed E-state index contributed by atoms with van der Waals surface area (Å²) in [5, 5.41) is 15.7. The molecule has 3 aromatic heterocycles. The Morgan fingerprint density at radius 3 is 2.47 bits per heavy atom. The molecule has 0 bridgehead atoms. The van der Waals surface area contributed by atoms with Gasteiger partial charge >= 0.3 is 12.3 Å². The Balaban J connectivity index is 1.33. The van der Waals surface area contributed by atoms with E-state index in [0.717, 1.165) is 24.3 Å². The number of carbonyl (C=O) groups excluding carboxylic acids is 2. The Bertz CT molecular complexity index is 2180. The number of oxazole rings is 1. The maximum atomic E-state index is 15.1. The zero-order chi connectivity index (χ0) is 35.2. The first kappa shape index (κ1) is 32.0. The fraction of sp³-hybridized carbons (Fsp3) is 0.258. The van der Waals surface area contributed by atoms with Crippen LogP contribution in [0.15, 0.2) is 46.9 Å². The van der Waals surface area contributed by atoms with Crippen molar-refractivity contribution in [2.24, 2.45) is 11.7 Å². The van der Waals surface area contributed by atoms with Gasteiger partial charge in [0, 0.05) is 23.1 Å². The number of carbonyl (C=O) groups is 2. The number of hydrogen-bond acceptors (Lipinski definition) is 7. The van der Waals surface area contributed by atoms with Gasteiger partial charge in [0.05, 0.1) is 17.3 Å². The maximum Gasteiger partial charge on any atom is 0.435 e. The van der Waals surface area contributed by atoms with Crippen LogP contribution in [0.1, 0.15) is 56.9 Å². The number of rotatable bonds is 8. The quantitative estimate of drug-likeness (QED) is 0.178. The number of hydrogen-bond donors (Lipinski definition) is 3. The minimum atomic E-state index is -5.08. The summed E-state index contributed by atoms with van der Waals surface area (Å²) in [5.74, 6) is -11.4. The fourth-order valence-electron chi connectivity index (χ4n) is 6.39. The zero-order valence-electron chi connectivity index (χ0n) is 24.5. The number of nitrogens with zero attached hydrogens (tertiary/aromatic N) is 4. The van der Waals surface area contributed by atoms with Crippen molar-refractivity contribution in [1.82, 2.24) is 25.1 Å². The molecule has 5 aromatic rings. The Labute approximate surface area is 268 Å². The third-order valence-corrected chi connectivity index (χ3v) is 8.47. The molecule has 2 aliphatic carbocycles. The lowest BCUT2D eigenvalue weighted by atomic mass is 9.94. The lowest BCUT2D eigenvalue weighted by Gasteiger charge is -2.22. The highest BCUT2D eigenvalue weighted by atomic mass is 19.4. The van der Waals surface area contributed by atoms with Crippen LogP contribution < -0.4 is 11.1 Å². The molecule has 1 fully saturated rings. The molecular weight excluding hydrogens is 672 g/mol. The largest absolute Gasteiger partial charge is 0.466 e. The molecule has 0 saturated heterocycles. The van der Waals surface area contributed by atoms with Crippen LogP contribution in [-0.2, 0) is 29.9 Å². The number of halogens is 8. The van der Waals surface area contributed by atoms with Crippen molar-refractivity contribution < 1.29 is 54.2 Å². The van der Waals surface area contributed by atoms with Gasteiger partial charge in [-0.3, -0.25) is 14.3 Å². The van der Waals surface area contributed by atoms with Gasteiger partial charge in [0.1, 0.15) is 35.2 Å². The predicted molar refractivity (Wildman–Crippen MR) is 150 cm³/mol. The molecule has 7 rings (SSSR count). The average molecular weight is 693 g/mol. The van der Waals surface area contributed by atoms with Crippen LogP contribution in [0.2, 0.25) is 0 Å². The first-order valence-electron chi connectivity index (χ1n) is 14.4. The normalized spacial score (nSPS) is 18.3. The fourth-order valence-corrected chi connectivity index (χ4v) is 6.39. The van der Waals surface area contributed by atoms with Gasteiger partial charge in [-0.05, 0) is 60.2 Å². The van der Waals surface area contributed by atoms with Crippen LogP contribution in [-0.4, -0.2) is 36.7 Å². The van der Waals surface area contributed by atoms with E-state index in [2.05, 4.69) is 20.4 Å². The molecular formula is C31H20F8N6O4. The summed E-state index contributed by atoms with van der Waals surface area (Å²) >= 11 is 0. The van der Waals surface area contributed by atoms with E-state index in [-0.39, 0.29) is 40.0 Å². The molecule has 0 unspecified atom stereocenters. The number of nitrogens with two attached hydrogens (primary N) is 1. The Kier molecular flexibility index (Phi) is 7.18. The Hall–Kier alpha value is -5.55. The van der Waals surface area contributed by atoms with Crippen LogP contribution >= 0.6 is 0 Å². The lowest BCUT2D eigenvalue weighted by Crippen LogP contribution is -2.35. The molecule has 1 saturated carbocycles. The molecule has 4 N–H and O–H groups in total. The van der Waals surface area contributed by atoms with Gasteiger partial charge in [-0.2, -0.15) is 32.0 Å². The molecule has 49 heavy (non-hydrogen) atoms. The van der Waals surface area contributed by atoms with Gasteiger partial charge in [-0.15, -0.1) is 0 Å². The van der Waals surface area contributed by atoms with Crippen molar-refractivity contribution in [2.75, 3.05) is 0 Å². The molecule has 0 aliphatic heterocycles. The van der Waals surface area contributed by atoms with Gasteiger partial charge in [0.2, 0.25) is 5.91 Å². The second-order valence-electron chi connectivity index (χ2n) is 11.7. The van der Waals surface area contributed by atoms with Crippen LogP contribution in [0.3, 0.4) is 0 Å². The molecule has 3 atom stereocenters. The van der Waals surface area contributed by atoms with Crippen molar-refractivity contribution in [3.63, 3.8) is 0 Å². The number of fused-ring (bicyclic) bond motifs is 4. The number of nitrogens with one attached hydrogen (secondary N) is 1. The third-order valence-electron chi connectivity index (χ3n) is 8.47. The summed E-state index contributed by atoms with van der Waals surface area (Å²) in [6, 6.07) is 5.39. The monoisotopic (exact) mass is 692 g/mol. The van der Waals surface area contributed by atoms with Crippen molar-refractivity contribution in [1.29, 1.82) is 0 Å². The smallest absolute Gasteiger partial charge is 0.435 e. The van der Waals surface area contributed by atoms with E-state index in [9.17, 15) is 41.0 Å². The zero-order valence-corrected chi connectivity index (χ0v) is 24.5. The number of alkyl halides is 5. The summed E-state index contributed by atoms with van der Waals surface area (Å²) in [4.78, 5) is 33.5. The number of benzene rings is 2. The summed E-state index contributed by atoms with van der Waals surface area (Å²) in [7, 11) is 0. The van der Waals surface area contributed by atoms with E-state index >= 15 is 8.78 Å². The Morgan fingerprint density at radius 2 is 1.80 bits per heavy atom. The molecule has 0 spiro atoms. The SMILES string of the molecule is NC(=O)c1cc(-c2cc3nc(O)oc3nc2[C@H](Cc2cc(F)cc(F)c2)NC(=O)Cn2nc(C(F)(F)F)c3c2C(F)(F)[C@@H]2C[C@H]32)ccc1F. The first-order chi connectivity index (χ1) is 23.0. The lowest BCUT2D eigenvalue weighted by molar-refractivity contribution is -0.142. The first-order valence-corrected chi connectivity index (χ1v) is 14.4. The molecule has 18 heteroatoms. The minimum Gasteiger partial charge on any atom is -0.466 e. The number of aromatic nitrogens is 4. The van der Waals surface area contributed by atoms with E-state index < -0.39 is 101 Å². The second kappa shape index (κ2) is 11.0. The second-order valence-corrected chi connectivity index (χ2v) is 11.7. The molecule has 0 radical (unpaired) electrons. The molecule has 10 nitrogen and oxygen atoms in total. The molecule has 2 aliphatic rings. The number of aromatic hydroxyl groups is 1. The molecule has 254 valence electrons. The van der Waals surface area contributed by atoms with Crippen molar-refractivity contribution in [3.8, 4) is 17.2 Å². The number of amides is 2. The highest BCUT2D eigenvalue weighted by Gasteiger charge is 2.68. The highest BCUT2D eigenvalue weighted by molar-refractivity contribution is 5.95. The standard InChI is InChI=1S/C31H20F8N6O4/c32-13-3-11(4-14(33)7-13)5-20(41-22(46)10-45-26-23(25(44-45)31(37,38)39)16-8-18(16)30(26,35)36)24-15(9-21-28(43-24)49-29(48)42-21)12-1-2-19(34)17(6-12)27(40)47/h1-4,6-7,9,16,18,20H,5,8,10H2,(H2,40,47)(H,41,46)(H,42,48)/t16-,18+,20-/m0/s1. The summed E-state index contributed by atoms with van der Waals surface area (Å²) in [5.41, 5.74) is 1.01. The van der Waals surface area contributed by atoms with Gasteiger partial charge in [-0.25, -0.2) is 18.2 Å². The van der Waals surface area contributed by atoms with Crippen LogP contribution in [0.4, 0.5) is 35.1 Å². The number of primary amides is 1. The minimum absolute atomic E-state index is 0.0106. The topological polar surface area (TPSA) is 149 Å². The maximum absolute atomic E-state index is 15.1. The summed E-state index contributed by atoms with van der Waals surface area (Å²) in [6.45, 7) is -1.12. The number of pyridine rings is 1. The van der Waals surface area contributed by atoms with Crippen LogP contribution in [0, 0.1) is 23.4 Å². The van der Waals surface area contributed by atoms with E-state index in [4.69, 9.17) is 10.2 Å². The van der Waals surface area contributed by atoms with Crippen LogP contribution in [0.25, 0.3) is 22.4 Å². The van der Waals surface area contributed by atoms with Gasteiger partial charge < -0.3 is 20.6 Å². The molecule has 2 aromatic carbocycles. The van der Waals surface area contributed by atoms with Crippen molar-refractivity contribution in [3.05, 3.63) is 93.7 Å². The van der Waals surface area contributed by atoms with Gasteiger partial charge in [0.15, 0.2) is 5.69 Å². The highest BCUT2D eigenvalue weighted by Crippen LogP contribution is 2.68. The summed E-state index contributed by atoms with van der Waals surface area (Å²) in [6.07, 6.45) is -6.54. The van der Waals surface area contributed by atoms with E-state index in [0.29, 0.717) is 10.7 Å². The van der Waals surface area contributed by atoms with Crippen molar-refractivity contribution in [2.45, 2.75) is 43.4 Å². The Morgan fingerprint density at radius 1 is 1.08 bits per heavy atom. The third kappa shape index (κ3) is 5.59. The van der Waals surface area contributed by atoms with E-state index in [1.54, 1.807) is 0 Å². The van der Waals surface area contributed by atoms with Gasteiger partial charge in [0.25, 0.3) is 17.5 Å². The van der Waals surface area contributed by atoms with E-state index in [1.165, 1.54) is 12.1 Å². The molecule has 3 heterocycles. The average Bonchev–Trinajstić information content (AvgIpc) is 3.49. The predicted octanol–water partition coefficient (Wildman–Crippen LogP) is 5.64. The molecule has 2 amide bonds. The van der Waals surface area contributed by atoms with E-state index in [1.807, 2.05) is 0 Å². The van der Waals surface area contributed by atoms with Crippen molar-refractivity contribution >= 4 is 23.0 Å². The summed E-state index contributed by atoms with van der Waals surface area (Å²) < 4.78 is 120. The van der Waals surface area contributed by atoms with Gasteiger partial charge in [-0.1, -0.05) is 6.07 Å². The van der Waals surface area contributed by atoms with Crippen LogP contribution in [0.5, 0.6) is 6.08 Å².